The van der Waals surface area contributed by atoms with Crippen LogP contribution in [0.4, 0.5) is 19.0 Å². The maximum Gasteiger partial charge on any atom is 0.446 e. The van der Waals surface area contributed by atoms with Gasteiger partial charge in [0.2, 0.25) is 0 Å². The lowest BCUT2D eigenvalue weighted by Gasteiger charge is -2.30. The van der Waals surface area contributed by atoms with Crippen molar-refractivity contribution in [1.82, 2.24) is 30.3 Å². The van der Waals surface area contributed by atoms with Gasteiger partial charge in [0.1, 0.15) is 11.5 Å². The molecule has 4 aliphatic rings. The summed E-state index contributed by atoms with van der Waals surface area (Å²) in [6, 6.07) is 5.67. The van der Waals surface area contributed by atoms with Crippen molar-refractivity contribution in [2.45, 2.75) is 47.7 Å². The number of pyridine rings is 1. The van der Waals surface area contributed by atoms with E-state index in [-0.39, 0.29) is 40.3 Å². The summed E-state index contributed by atoms with van der Waals surface area (Å²) in [5.41, 5.74) is -0.346. The number of anilines is 1. The third kappa shape index (κ3) is 5.12. The molecule has 3 fully saturated rings. The Balaban J connectivity index is 1.21. The van der Waals surface area contributed by atoms with Crippen molar-refractivity contribution < 1.29 is 18.0 Å². The summed E-state index contributed by atoms with van der Waals surface area (Å²) in [6.07, 6.45) is 6.04. The van der Waals surface area contributed by atoms with Crippen LogP contribution >= 0.6 is 11.8 Å². The fourth-order valence-corrected chi connectivity index (χ4v) is 5.90. The third-order valence-corrected chi connectivity index (χ3v) is 8.27. The number of nitrogens with one attached hydrogen (secondary N) is 3. The monoisotopic (exact) mass is 531 g/mol. The zero-order chi connectivity index (χ0) is 25.8. The maximum atomic E-state index is 13.4. The molecule has 2 aromatic heterocycles. The Labute approximate surface area is 217 Å². The Hall–Kier alpha value is -2.88. The van der Waals surface area contributed by atoms with Crippen molar-refractivity contribution in [2.24, 2.45) is 5.92 Å². The van der Waals surface area contributed by atoms with Gasteiger partial charge >= 0.3 is 5.51 Å². The fraction of sp³-hybridized carbons (Fsp3) is 0.520. The lowest BCUT2D eigenvalue weighted by molar-refractivity contribution is -0.117. The molecule has 2 atom stereocenters. The summed E-state index contributed by atoms with van der Waals surface area (Å²) in [4.78, 5) is 14.7. The first-order chi connectivity index (χ1) is 17.7. The van der Waals surface area contributed by atoms with Crippen LogP contribution in [-0.2, 0) is 4.79 Å². The number of amides is 1. The van der Waals surface area contributed by atoms with Crippen LogP contribution in [0.3, 0.4) is 0 Å². The number of aromatic nitrogens is 2. The molecule has 4 heterocycles. The minimum absolute atomic E-state index is 0.00696. The normalized spacial score (nSPS) is 25.4. The predicted molar refractivity (Wildman–Crippen MR) is 135 cm³/mol. The van der Waals surface area contributed by atoms with Gasteiger partial charge in [-0.15, -0.1) is 0 Å². The first kappa shape index (κ1) is 24.5. The second kappa shape index (κ2) is 9.15. The van der Waals surface area contributed by atoms with Crippen LogP contribution in [0.15, 0.2) is 34.9 Å². The Morgan fingerprint density at radius 2 is 2.19 bits per heavy atom. The number of hydrazine groups is 1. The van der Waals surface area contributed by atoms with E-state index in [9.17, 15) is 18.0 Å². The van der Waals surface area contributed by atoms with E-state index in [0.29, 0.717) is 35.4 Å². The summed E-state index contributed by atoms with van der Waals surface area (Å²) in [5, 5.41) is 12.7. The third-order valence-electron chi connectivity index (χ3n) is 7.43. The molecule has 1 saturated heterocycles. The number of likely N-dealkylation sites (tertiary alicyclic amines) is 1. The van der Waals surface area contributed by atoms with E-state index in [1.807, 2.05) is 17.3 Å². The largest absolute Gasteiger partial charge is 0.446 e. The minimum Gasteiger partial charge on any atom is -0.364 e. The molecule has 0 radical (unpaired) electrons. The highest BCUT2D eigenvalue weighted by Gasteiger charge is 2.56. The van der Waals surface area contributed by atoms with Gasteiger partial charge in [-0.1, -0.05) is 12.0 Å². The van der Waals surface area contributed by atoms with E-state index >= 15 is 0 Å². The highest BCUT2D eigenvalue weighted by atomic mass is 32.2. The van der Waals surface area contributed by atoms with Gasteiger partial charge in [-0.05, 0) is 68.5 Å². The molecule has 37 heavy (non-hydrogen) atoms. The Kier molecular flexibility index (Phi) is 6.05. The van der Waals surface area contributed by atoms with E-state index in [4.69, 9.17) is 0 Å². The van der Waals surface area contributed by atoms with Crippen LogP contribution in [-0.4, -0.2) is 75.7 Å². The molecule has 3 N–H and O–H groups in total. The molecule has 0 bridgehead atoms. The van der Waals surface area contributed by atoms with Crippen LogP contribution in [0, 0.1) is 17.8 Å². The zero-order valence-corrected chi connectivity index (χ0v) is 21.2. The quantitative estimate of drug-likeness (QED) is 0.391. The number of fused-ring (bicyclic) bond motifs is 2. The smallest absolute Gasteiger partial charge is 0.364 e. The summed E-state index contributed by atoms with van der Waals surface area (Å²) >= 11 is -0.209. The maximum absolute atomic E-state index is 13.4. The zero-order valence-electron chi connectivity index (χ0n) is 20.4. The number of carbonyl (C=O) groups excluding carboxylic acids is 1. The molecular weight excluding hydrogens is 503 g/mol. The highest BCUT2D eigenvalue weighted by molar-refractivity contribution is 8.00. The van der Waals surface area contributed by atoms with E-state index in [1.165, 1.54) is 4.52 Å². The Morgan fingerprint density at radius 1 is 1.35 bits per heavy atom. The standard InChI is InChI=1S/C25H28F3N7OS/c1-33-11-9-24(12-17(24)15-33)31-21-6-2-5-20-22(37-25(26,27)28)19(32-35(20)21)4-3-10-29-23(36)16-13-30-34(14-16)18-7-8-18/h2,5-6,14,17-18,30-31H,7-13,15H2,1H3,(H,29,36). The van der Waals surface area contributed by atoms with Gasteiger partial charge in [0, 0.05) is 43.0 Å². The number of halogens is 3. The molecule has 2 aliphatic heterocycles. The molecule has 2 unspecified atom stereocenters. The molecule has 0 aromatic carbocycles. The van der Waals surface area contributed by atoms with Crippen molar-refractivity contribution in [2.75, 3.05) is 38.5 Å². The number of carbonyl (C=O) groups is 1. The second-order valence-electron chi connectivity index (χ2n) is 10.2. The van der Waals surface area contributed by atoms with Crippen molar-refractivity contribution in [1.29, 1.82) is 0 Å². The van der Waals surface area contributed by atoms with Gasteiger partial charge in [-0.3, -0.25) is 4.79 Å². The minimum atomic E-state index is -4.48. The van der Waals surface area contributed by atoms with E-state index in [0.717, 1.165) is 38.8 Å². The van der Waals surface area contributed by atoms with Crippen LogP contribution in [0.2, 0.25) is 0 Å². The van der Waals surface area contributed by atoms with Gasteiger partial charge in [0.05, 0.1) is 17.0 Å². The van der Waals surface area contributed by atoms with Crippen molar-refractivity contribution >= 4 is 29.0 Å². The molecule has 1 amide bonds. The first-order valence-corrected chi connectivity index (χ1v) is 13.3. The van der Waals surface area contributed by atoms with E-state index in [2.05, 4.69) is 44.9 Å². The van der Waals surface area contributed by atoms with Gasteiger partial charge < -0.3 is 20.5 Å². The summed E-state index contributed by atoms with van der Waals surface area (Å²) < 4.78 is 41.9. The molecular formula is C25H28F3N7OS. The number of hydrogen-bond donors (Lipinski definition) is 3. The topological polar surface area (TPSA) is 76.9 Å². The molecule has 12 heteroatoms. The number of hydrogen-bond acceptors (Lipinski definition) is 7. The fourth-order valence-electron chi connectivity index (χ4n) is 5.22. The molecule has 6 rings (SSSR count). The van der Waals surface area contributed by atoms with Gasteiger partial charge in [-0.2, -0.15) is 18.3 Å². The van der Waals surface area contributed by atoms with Gasteiger partial charge in [-0.25, -0.2) is 9.94 Å². The first-order valence-electron chi connectivity index (χ1n) is 12.4. The summed E-state index contributed by atoms with van der Waals surface area (Å²) in [6.45, 7) is 2.43. The Bertz CT molecular complexity index is 1330. The van der Waals surface area contributed by atoms with Crippen molar-refractivity contribution in [3.8, 4) is 11.8 Å². The highest BCUT2D eigenvalue weighted by Crippen LogP contribution is 2.51. The number of alkyl halides is 3. The molecule has 196 valence electrons. The second-order valence-corrected chi connectivity index (χ2v) is 11.3. The lowest BCUT2D eigenvalue weighted by atomic mass is 10.1. The van der Waals surface area contributed by atoms with Gasteiger partial charge in [0.15, 0.2) is 0 Å². The predicted octanol–water partition coefficient (Wildman–Crippen LogP) is 2.79. The van der Waals surface area contributed by atoms with Crippen LogP contribution in [0.1, 0.15) is 31.4 Å². The molecule has 8 nitrogen and oxygen atoms in total. The summed E-state index contributed by atoms with van der Waals surface area (Å²) in [5.74, 6) is 6.49. The number of nitrogens with zero attached hydrogens (tertiary/aromatic N) is 4. The SMILES string of the molecule is CN1CCC2(Nc3cccc4c(SC(F)(F)F)c(C#CCNC(=O)C5=CN(C6CC6)NC5)nn34)CC2C1. The van der Waals surface area contributed by atoms with Gasteiger partial charge in [0.25, 0.3) is 5.91 Å². The Morgan fingerprint density at radius 3 is 2.95 bits per heavy atom. The molecule has 2 saturated carbocycles. The van der Waals surface area contributed by atoms with Crippen LogP contribution < -0.4 is 16.1 Å². The van der Waals surface area contributed by atoms with Crippen molar-refractivity contribution in [3.05, 3.63) is 35.7 Å². The van der Waals surface area contributed by atoms with E-state index in [1.54, 1.807) is 12.1 Å². The number of rotatable bonds is 6. The number of piperidine rings is 1. The van der Waals surface area contributed by atoms with Crippen LogP contribution in [0.25, 0.3) is 5.52 Å². The lowest BCUT2D eigenvalue weighted by Crippen LogP contribution is -2.39. The summed E-state index contributed by atoms with van der Waals surface area (Å²) in [7, 11) is 2.11. The van der Waals surface area contributed by atoms with Crippen LogP contribution in [0.5, 0.6) is 0 Å². The molecule has 2 aliphatic carbocycles. The average molecular weight is 532 g/mol. The van der Waals surface area contributed by atoms with Crippen molar-refractivity contribution in [3.63, 3.8) is 0 Å². The van der Waals surface area contributed by atoms with E-state index < -0.39 is 5.51 Å². The number of thioether (sulfide) groups is 1. The molecule has 2 aromatic rings. The molecule has 0 spiro atoms. The average Bonchev–Trinajstić information content (AvgIpc) is 3.73.